The number of benzene rings is 2. The fraction of sp³-hybridized carbons (Fsp3) is 0.600. The van der Waals surface area contributed by atoms with E-state index in [1.54, 1.807) is 14.2 Å². The topological polar surface area (TPSA) is 58.9 Å². The number of methoxy groups -OCH3 is 2. The van der Waals surface area contributed by atoms with Crippen molar-refractivity contribution in [3.8, 4) is 34.1 Å². The summed E-state index contributed by atoms with van der Waals surface area (Å²) in [5.74, 6) is 1.87. The van der Waals surface area contributed by atoms with Crippen LogP contribution < -0.4 is 9.47 Å². The van der Waals surface area contributed by atoms with E-state index >= 15 is 0 Å². The lowest BCUT2D eigenvalue weighted by molar-refractivity contribution is 0.377. The van der Waals surface area contributed by atoms with Crippen molar-refractivity contribution in [1.82, 2.24) is 0 Å². The molecule has 0 aliphatic carbocycles. The summed E-state index contributed by atoms with van der Waals surface area (Å²) < 4.78 is 11.8. The van der Waals surface area contributed by atoms with Crippen LogP contribution in [0.1, 0.15) is 114 Å². The molecule has 0 fully saturated rings. The first-order valence-electron chi connectivity index (χ1n) is 12.3. The lowest BCUT2D eigenvalue weighted by Gasteiger charge is -2.33. The summed E-state index contributed by atoms with van der Waals surface area (Å²) in [6.45, 7) is 25.2. The van der Waals surface area contributed by atoms with Gasteiger partial charge in [0.2, 0.25) is 0 Å². The normalized spacial score (nSPS) is 12.6. The minimum atomic E-state index is -0.231. The predicted molar refractivity (Wildman–Crippen MR) is 143 cm³/mol. The molecule has 0 aromatic heterocycles. The average molecular weight is 471 g/mol. The summed E-state index contributed by atoms with van der Waals surface area (Å²) in [6, 6.07) is 0. The fourth-order valence-corrected chi connectivity index (χ4v) is 5.61. The molecule has 0 amide bonds. The fourth-order valence-electron chi connectivity index (χ4n) is 5.61. The summed E-state index contributed by atoms with van der Waals surface area (Å²) in [4.78, 5) is 0. The number of ether oxygens (including phenoxy) is 2. The number of hydrogen-bond acceptors (Lipinski definition) is 4. The van der Waals surface area contributed by atoms with E-state index in [-0.39, 0.29) is 34.2 Å². The maximum Gasteiger partial charge on any atom is 0.130 e. The van der Waals surface area contributed by atoms with Crippen molar-refractivity contribution in [3.05, 3.63) is 33.4 Å². The highest BCUT2D eigenvalue weighted by Gasteiger charge is 2.36. The molecule has 0 saturated carbocycles. The molecule has 0 saturated heterocycles. The van der Waals surface area contributed by atoms with E-state index < -0.39 is 0 Å². The van der Waals surface area contributed by atoms with Crippen molar-refractivity contribution in [2.45, 2.75) is 106 Å². The van der Waals surface area contributed by atoms with Crippen LogP contribution in [0, 0.1) is 13.8 Å². The Morgan fingerprint density at radius 1 is 0.588 bits per heavy atom. The molecule has 0 radical (unpaired) electrons. The number of hydrogen-bond donors (Lipinski definition) is 2. The second-order valence-electron chi connectivity index (χ2n) is 12.2. The van der Waals surface area contributed by atoms with Crippen molar-refractivity contribution in [2.24, 2.45) is 0 Å². The molecule has 2 rings (SSSR count). The van der Waals surface area contributed by atoms with Crippen LogP contribution in [0.2, 0.25) is 0 Å². The molecule has 0 unspecified atom stereocenters. The van der Waals surface area contributed by atoms with Gasteiger partial charge in [-0.2, -0.15) is 0 Å². The molecule has 0 bridgehead atoms. The lowest BCUT2D eigenvalue weighted by Crippen LogP contribution is -2.19. The highest BCUT2D eigenvalue weighted by molar-refractivity contribution is 5.88. The zero-order valence-corrected chi connectivity index (χ0v) is 23.9. The highest BCUT2D eigenvalue weighted by atomic mass is 16.5. The Kier molecular flexibility index (Phi) is 7.67. The van der Waals surface area contributed by atoms with Crippen LogP contribution in [0.5, 0.6) is 23.0 Å². The molecule has 190 valence electrons. The lowest BCUT2D eigenvalue weighted by atomic mass is 9.74. The molecule has 0 atom stereocenters. The molecule has 0 heterocycles. The van der Waals surface area contributed by atoms with Crippen LogP contribution in [0.15, 0.2) is 0 Å². The Hall–Kier alpha value is -2.36. The predicted octanol–water partition coefficient (Wildman–Crippen LogP) is 8.24. The zero-order chi connectivity index (χ0) is 26.5. The number of phenolic OH excluding ortho intramolecular Hbond substituents is 2. The minimum Gasteiger partial charge on any atom is -0.507 e. The van der Waals surface area contributed by atoms with Crippen molar-refractivity contribution in [2.75, 3.05) is 14.2 Å². The largest absolute Gasteiger partial charge is 0.507 e. The van der Waals surface area contributed by atoms with E-state index in [9.17, 15) is 10.2 Å². The van der Waals surface area contributed by atoms with Crippen LogP contribution in [0.25, 0.3) is 11.1 Å². The smallest absolute Gasteiger partial charge is 0.130 e. The summed E-state index contributed by atoms with van der Waals surface area (Å²) in [5.41, 5.74) is 6.37. The van der Waals surface area contributed by atoms with Crippen molar-refractivity contribution >= 4 is 0 Å². The highest BCUT2D eigenvalue weighted by Crippen LogP contribution is 2.56. The van der Waals surface area contributed by atoms with Crippen LogP contribution >= 0.6 is 0 Å². The van der Waals surface area contributed by atoms with Gasteiger partial charge >= 0.3 is 0 Å². The van der Waals surface area contributed by atoms with Gasteiger partial charge in [0.05, 0.1) is 14.2 Å². The number of phenols is 2. The molecule has 4 heteroatoms. The Morgan fingerprint density at radius 2 is 0.853 bits per heavy atom. The van der Waals surface area contributed by atoms with Crippen LogP contribution in [-0.2, 0) is 10.8 Å². The first-order valence-corrected chi connectivity index (χ1v) is 12.3. The van der Waals surface area contributed by atoms with Crippen LogP contribution in [0.3, 0.4) is 0 Å². The number of aromatic hydroxyl groups is 2. The molecular weight excluding hydrogens is 424 g/mol. The standard InChI is InChI=1S/C30H46O4/c1-15(2)19-25(31)21(17(5)23(27(19)33-13)29(7,8)9)22-18(6)24(30(10,11)12)28(34-14)20(16(3)4)26(22)32/h15-16,31-32H,1-14H3. The van der Waals surface area contributed by atoms with E-state index in [2.05, 4.69) is 69.2 Å². The third kappa shape index (κ3) is 4.48. The van der Waals surface area contributed by atoms with Gasteiger partial charge in [0.15, 0.2) is 0 Å². The molecule has 0 aliphatic rings. The Morgan fingerprint density at radius 3 is 1.03 bits per heavy atom. The van der Waals surface area contributed by atoms with Gasteiger partial charge in [-0.3, -0.25) is 0 Å². The summed E-state index contributed by atoms with van der Waals surface area (Å²) in [5, 5.41) is 23.5. The Balaban J connectivity index is 3.33. The number of rotatable bonds is 5. The van der Waals surface area contributed by atoms with E-state index in [1.165, 1.54) is 0 Å². The first kappa shape index (κ1) is 27.9. The second-order valence-corrected chi connectivity index (χ2v) is 12.2. The monoisotopic (exact) mass is 470 g/mol. The van der Waals surface area contributed by atoms with Gasteiger partial charge in [0.1, 0.15) is 23.0 Å². The molecular formula is C30H46O4. The SMILES string of the molecule is COc1c(C(C)C)c(O)c(-c2c(C)c(C(C)(C)C)c(OC)c(C(C)C)c2O)c(C)c1C(C)(C)C. The van der Waals surface area contributed by atoms with Gasteiger partial charge in [-0.05, 0) is 47.6 Å². The molecule has 2 aromatic carbocycles. The Labute approximate surface area is 207 Å². The summed E-state index contributed by atoms with van der Waals surface area (Å²) in [6.07, 6.45) is 0. The van der Waals surface area contributed by atoms with Gasteiger partial charge in [-0.25, -0.2) is 0 Å². The zero-order valence-electron chi connectivity index (χ0n) is 23.9. The molecule has 4 nitrogen and oxygen atoms in total. The second kappa shape index (κ2) is 9.36. The molecule has 34 heavy (non-hydrogen) atoms. The molecule has 0 spiro atoms. The molecule has 2 aromatic rings. The van der Waals surface area contributed by atoms with Crippen LogP contribution in [-0.4, -0.2) is 24.4 Å². The quantitative estimate of drug-likeness (QED) is 0.462. The third-order valence-electron chi connectivity index (χ3n) is 6.74. The van der Waals surface area contributed by atoms with Crippen molar-refractivity contribution < 1.29 is 19.7 Å². The van der Waals surface area contributed by atoms with E-state index in [0.717, 1.165) is 44.9 Å². The van der Waals surface area contributed by atoms with E-state index in [0.29, 0.717) is 11.1 Å². The third-order valence-corrected chi connectivity index (χ3v) is 6.74. The first-order chi connectivity index (χ1) is 15.4. The summed E-state index contributed by atoms with van der Waals surface area (Å²) in [7, 11) is 3.33. The van der Waals surface area contributed by atoms with E-state index in [4.69, 9.17) is 9.47 Å². The maximum atomic E-state index is 11.8. The maximum absolute atomic E-state index is 11.8. The molecule has 2 N–H and O–H groups in total. The van der Waals surface area contributed by atoms with Gasteiger partial charge in [0, 0.05) is 33.4 Å². The van der Waals surface area contributed by atoms with Gasteiger partial charge < -0.3 is 19.7 Å². The average Bonchev–Trinajstić information content (AvgIpc) is 2.66. The Bertz CT molecular complexity index is 990. The van der Waals surface area contributed by atoms with Gasteiger partial charge in [-0.15, -0.1) is 0 Å². The molecule has 0 aliphatic heterocycles. The van der Waals surface area contributed by atoms with Crippen LogP contribution in [0.4, 0.5) is 0 Å². The minimum absolute atomic E-state index is 0.0303. The van der Waals surface area contributed by atoms with Crippen molar-refractivity contribution in [3.63, 3.8) is 0 Å². The van der Waals surface area contributed by atoms with Gasteiger partial charge in [0.25, 0.3) is 0 Å². The van der Waals surface area contributed by atoms with Gasteiger partial charge in [-0.1, -0.05) is 69.2 Å². The summed E-state index contributed by atoms with van der Waals surface area (Å²) >= 11 is 0. The van der Waals surface area contributed by atoms with E-state index in [1.807, 2.05) is 13.8 Å². The van der Waals surface area contributed by atoms with Crippen molar-refractivity contribution in [1.29, 1.82) is 0 Å².